The van der Waals surface area contributed by atoms with Crippen LogP contribution in [0.4, 0.5) is 0 Å². The third kappa shape index (κ3) is 2.99. The van der Waals surface area contributed by atoms with Gasteiger partial charge in [0.15, 0.2) is 0 Å². The van der Waals surface area contributed by atoms with Crippen LogP contribution in [0, 0.1) is 5.92 Å². The van der Waals surface area contributed by atoms with Gasteiger partial charge >= 0.3 is 0 Å². The van der Waals surface area contributed by atoms with E-state index in [0.29, 0.717) is 17.1 Å². The highest BCUT2D eigenvalue weighted by molar-refractivity contribution is 5.78. The lowest BCUT2D eigenvalue weighted by molar-refractivity contribution is 0.316. The zero-order valence-electron chi connectivity index (χ0n) is 13.3. The molecule has 2 aromatic rings. The van der Waals surface area contributed by atoms with Gasteiger partial charge < -0.3 is 9.64 Å². The Kier molecular flexibility index (Phi) is 4.43. The Hall–Kier alpha value is -1.88. The maximum Gasteiger partial charge on any atom is 0.261 e. The lowest BCUT2D eigenvalue weighted by Gasteiger charge is -2.15. The minimum absolute atomic E-state index is 0.0258. The second-order valence-corrected chi connectivity index (χ2v) is 6.04. The summed E-state index contributed by atoms with van der Waals surface area (Å²) in [6.07, 6.45) is 4.02. The summed E-state index contributed by atoms with van der Waals surface area (Å²) in [5.74, 6) is 1.23. The molecule has 1 aliphatic heterocycles. The molecule has 0 aliphatic carbocycles. The van der Waals surface area contributed by atoms with E-state index in [0.717, 1.165) is 38.1 Å². The van der Waals surface area contributed by atoms with Gasteiger partial charge in [-0.25, -0.2) is 4.98 Å². The minimum Gasteiger partial charge on any atom is -0.497 e. The average molecular weight is 301 g/mol. The second kappa shape index (κ2) is 6.48. The smallest absolute Gasteiger partial charge is 0.261 e. The number of ether oxygens (including phenoxy) is 1. The fraction of sp³-hybridized carbons (Fsp3) is 0.529. The highest BCUT2D eigenvalue weighted by Gasteiger charge is 2.22. The molecule has 0 bridgehead atoms. The number of fused-ring (bicyclic) bond motifs is 1. The molecule has 1 fully saturated rings. The Labute approximate surface area is 130 Å². The first-order valence-electron chi connectivity index (χ1n) is 7.96. The predicted octanol–water partition coefficient (Wildman–Crippen LogP) is 2.14. The van der Waals surface area contributed by atoms with Gasteiger partial charge in [0.1, 0.15) is 5.75 Å². The molecule has 1 aromatic heterocycles. The van der Waals surface area contributed by atoms with E-state index in [1.165, 1.54) is 6.42 Å². The summed E-state index contributed by atoms with van der Waals surface area (Å²) < 4.78 is 6.96. The lowest BCUT2D eigenvalue weighted by Crippen LogP contribution is -2.27. The number of likely N-dealkylation sites (tertiary alicyclic amines) is 1. The van der Waals surface area contributed by atoms with Crippen LogP contribution in [-0.4, -0.2) is 41.2 Å². The molecule has 1 aromatic carbocycles. The molecular weight excluding hydrogens is 278 g/mol. The quantitative estimate of drug-likeness (QED) is 0.849. The van der Waals surface area contributed by atoms with Crippen LogP contribution in [0.5, 0.6) is 5.75 Å². The Morgan fingerprint density at radius 3 is 3.05 bits per heavy atom. The number of aromatic nitrogens is 2. The van der Waals surface area contributed by atoms with Gasteiger partial charge in [0.25, 0.3) is 5.56 Å². The Balaban J connectivity index is 1.82. The number of hydrogen-bond donors (Lipinski definition) is 0. The molecule has 1 aliphatic rings. The van der Waals surface area contributed by atoms with E-state index in [9.17, 15) is 4.79 Å². The van der Waals surface area contributed by atoms with Gasteiger partial charge in [-0.3, -0.25) is 9.36 Å². The van der Waals surface area contributed by atoms with Crippen LogP contribution in [0.2, 0.25) is 0 Å². The fourth-order valence-corrected chi connectivity index (χ4v) is 3.25. The van der Waals surface area contributed by atoms with E-state index in [1.807, 2.05) is 12.1 Å². The molecule has 3 rings (SSSR count). The molecule has 0 radical (unpaired) electrons. The topological polar surface area (TPSA) is 47.4 Å². The molecule has 118 valence electrons. The monoisotopic (exact) mass is 301 g/mol. The van der Waals surface area contributed by atoms with Crippen LogP contribution < -0.4 is 10.3 Å². The van der Waals surface area contributed by atoms with Crippen molar-refractivity contribution in [1.29, 1.82) is 0 Å². The summed E-state index contributed by atoms with van der Waals surface area (Å²) in [5.41, 5.74) is 0.749. The largest absolute Gasteiger partial charge is 0.497 e. The summed E-state index contributed by atoms with van der Waals surface area (Å²) >= 11 is 0. The number of methoxy groups -OCH3 is 1. The molecule has 5 nitrogen and oxygen atoms in total. The van der Waals surface area contributed by atoms with Gasteiger partial charge in [0.05, 0.1) is 24.3 Å². The van der Waals surface area contributed by atoms with Crippen molar-refractivity contribution in [2.24, 2.45) is 5.92 Å². The maximum absolute atomic E-state index is 12.6. The Morgan fingerprint density at radius 2 is 2.27 bits per heavy atom. The highest BCUT2D eigenvalue weighted by atomic mass is 16.5. The molecule has 1 atom stereocenters. The predicted molar refractivity (Wildman–Crippen MR) is 87.4 cm³/mol. The summed E-state index contributed by atoms with van der Waals surface area (Å²) in [6.45, 7) is 6.33. The molecular formula is C17H23N3O2. The van der Waals surface area contributed by atoms with Crippen molar-refractivity contribution >= 4 is 10.9 Å². The first-order valence-corrected chi connectivity index (χ1v) is 7.96. The van der Waals surface area contributed by atoms with E-state index in [-0.39, 0.29) is 5.56 Å². The third-order valence-electron chi connectivity index (χ3n) is 4.40. The van der Waals surface area contributed by atoms with Crippen molar-refractivity contribution in [3.63, 3.8) is 0 Å². The van der Waals surface area contributed by atoms with Gasteiger partial charge in [-0.05, 0) is 50.0 Å². The van der Waals surface area contributed by atoms with E-state index >= 15 is 0 Å². The van der Waals surface area contributed by atoms with Crippen molar-refractivity contribution in [3.8, 4) is 5.75 Å². The second-order valence-electron chi connectivity index (χ2n) is 6.04. The average Bonchev–Trinajstić information content (AvgIpc) is 2.97. The molecule has 1 saturated heterocycles. The highest BCUT2D eigenvalue weighted by Crippen LogP contribution is 2.19. The van der Waals surface area contributed by atoms with Gasteiger partial charge in [-0.15, -0.1) is 0 Å². The zero-order chi connectivity index (χ0) is 15.5. The number of hydrogen-bond acceptors (Lipinski definition) is 4. The SMILES string of the molecule is CCCN1CCC(Cn2cnc3ccc(OC)cc3c2=O)C1. The Bertz CT molecular complexity index is 711. The fourth-order valence-electron chi connectivity index (χ4n) is 3.25. The van der Waals surface area contributed by atoms with E-state index in [1.54, 1.807) is 24.1 Å². The van der Waals surface area contributed by atoms with Crippen LogP contribution in [0.15, 0.2) is 29.3 Å². The molecule has 0 spiro atoms. The van der Waals surface area contributed by atoms with Gasteiger partial charge in [-0.2, -0.15) is 0 Å². The Morgan fingerprint density at radius 1 is 1.41 bits per heavy atom. The summed E-state index contributed by atoms with van der Waals surface area (Å²) in [7, 11) is 1.61. The van der Waals surface area contributed by atoms with Crippen LogP contribution in [0.3, 0.4) is 0 Å². The molecule has 0 saturated carbocycles. The number of nitrogens with zero attached hydrogens (tertiary/aromatic N) is 3. The number of rotatable bonds is 5. The molecule has 2 heterocycles. The van der Waals surface area contributed by atoms with Crippen LogP contribution in [-0.2, 0) is 6.54 Å². The number of benzene rings is 1. The van der Waals surface area contributed by atoms with Crippen molar-refractivity contribution in [3.05, 3.63) is 34.9 Å². The zero-order valence-corrected chi connectivity index (χ0v) is 13.3. The normalized spacial score (nSPS) is 18.9. The van der Waals surface area contributed by atoms with Crippen LogP contribution in [0.1, 0.15) is 19.8 Å². The summed E-state index contributed by atoms with van der Waals surface area (Å²) in [5, 5.41) is 0.630. The van der Waals surface area contributed by atoms with E-state index < -0.39 is 0 Å². The summed E-state index contributed by atoms with van der Waals surface area (Å²) in [4.78, 5) is 19.5. The van der Waals surface area contributed by atoms with Crippen molar-refractivity contribution in [2.45, 2.75) is 26.3 Å². The van der Waals surface area contributed by atoms with E-state index in [2.05, 4.69) is 16.8 Å². The molecule has 1 unspecified atom stereocenters. The first kappa shape index (κ1) is 15.0. The van der Waals surface area contributed by atoms with Crippen molar-refractivity contribution < 1.29 is 4.74 Å². The van der Waals surface area contributed by atoms with E-state index in [4.69, 9.17) is 4.74 Å². The van der Waals surface area contributed by atoms with Crippen LogP contribution >= 0.6 is 0 Å². The maximum atomic E-state index is 12.6. The van der Waals surface area contributed by atoms with Crippen molar-refractivity contribution in [1.82, 2.24) is 14.5 Å². The minimum atomic E-state index is 0.0258. The van der Waals surface area contributed by atoms with Gasteiger partial charge in [0.2, 0.25) is 0 Å². The standard InChI is InChI=1S/C17H23N3O2/c1-3-7-19-8-6-13(10-19)11-20-12-18-16-5-4-14(22-2)9-15(16)17(20)21/h4-5,9,12-13H,3,6-8,10-11H2,1-2H3. The first-order chi connectivity index (χ1) is 10.7. The lowest BCUT2D eigenvalue weighted by atomic mass is 10.1. The van der Waals surface area contributed by atoms with Gasteiger partial charge in [0, 0.05) is 13.1 Å². The molecule has 0 amide bonds. The third-order valence-corrected chi connectivity index (χ3v) is 4.40. The molecule has 22 heavy (non-hydrogen) atoms. The molecule has 0 N–H and O–H groups in total. The summed E-state index contributed by atoms with van der Waals surface area (Å²) in [6, 6.07) is 5.44. The van der Waals surface area contributed by atoms with Crippen molar-refractivity contribution in [2.75, 3.05) is 26.7 Å². The van der Waals surface area contributed by atoms with Gasteiger partial charge in [-0.1, -0.05) is 6.92 Å². The molecule has 5 heteroatoms. The van der Waals surface area contributed by atoms with Crippen LogP contribution in [0.25, 0.3) is 10.9 Å².